The van der Waals surface area contributed by atoms with Gasteiger partial charge in [0.15, 0.2) is 17.4 Å². The van der Waals surface area contributed by atoms with Crippen molar-refractivity contribution in [1.29, 1.82) is 0 Å². The Balaban J connectivity index is 0. The Morgan fingerprint density at radius 1 is 1.00 bits per heavy atom. The minimum absolute atomic E-state index is 0. The van der Waals surface area contributed by atoms with Crippen LogP contribution in [0.15, 0.2) is 0 Å². The Morgan fingerprint density at radius 2 is 1.00 bits per heavy atom. The minimum Gasteiger partial charge on any atom is 0 e. The summed E-state index contributed by atoms with van der Waals surface area (Å²) in [5.41, 5.74) is 0. The molecule has 0 aliphatic heterocycles. The smallest absolute Gasteiger partial charge is 0 e. The molecule has 0 aliphatic rings. The maximum atomic E-state index is 0. The second-order valence-corrected chi connectivity index (χ2v) is 0. The molecule has 0 spiro atoms. The van der Waals surface area contributed by atoms with Gasteiger partial charge in [-0.25, -0.2) is 0 Å². The van der Waals surface area contributed by atoms with Crippen molar-refractivity contribution >= 4 is 17.4 Å². The van der Waals surface area contributed by atoms with E-state index in [2.05, 4.69) is 0 Å². The first kappa shape index (κ1) is 81.3. The first-order chi connectivity index (χ1) is 0. The summed E-state index contributed by atoms with van der Waals surface area (Å²) in [6, 6.07) is 0. The molecule has 0 aliphatic carbocycles. The van der Waals surface area contributed by atoms with Gasteiger partial charge in [0.05, 0.1) is 0 Å². The molecule has 0 aromatic carbocycles. The molecule has 0 heterocycles. The zero-order valence-electron chi connectivity index (χ0n) is 2.67. The Labute approximate surface area is 142 Å². The average molecular weight is 547 g/mol. The normalized spacial score (nSPS) is 0. The van der Waals surface area contributed by atoms with Crippen LogP contribution in [0, 0.1) is 0 Å². The minimum atomic E-state index is 0. The van der Waals surface area contributed by atoms with Gasteiger partial charge in [-0.15, -0.1) is 0 Å². The Hall–Kier alpha value is 4.52. The van der Waals surface area contributed by atoms with Crippen LogP contribution in [0.5, 0.6) is 0 Å². The van der Waals surface area contributed by atoms with Crippen LogP contribution >= 0.6 is 0 Å². The van der Waals surface area contributed by atoms with Gasteiger partial charge in [-0.05, 0) is 0 Å². The van der Waals surface area contributed by atoms with Gasteiger partial charge in [-0.3, -0.25) is 0 Å². The summed E-state index contributed by atoms with van der Waals surface area (Å²) in [6.07, 6.45) is 0. The van der Waals surface area contributed by atoms with Crippen LogP contribution in [0.3, 0.4) is 0 Å². The molecule has 0 saturated carbocycles. The SMILES string of the molecule is [AlH3].[Cr].[Cu].[Fe].[Mn].[Ni].[Ti].[W]. The fourth-order valence-electron chi connectivity index (χ4n) is 0. The molecule has 0 unspecified atom stereocenters. The van der Waals surface area contributed by atoms with E-state index >= 15 is 0 Å². The molecule has 0 nitrogen and oxygen atoms in total. The molecule has 0 aromatic rings. The van der Waals surface area contributed by atoms with Gasteiger partial charge in [0, 0.05) is 128 Å². The van der Waals surface area contributed by atoms with E-state index in [1.165, 1.54) is 0 Å². The maximum absolute atomic E-state index is 0. The van der Waals surface area contributed by atoms with Crippen LogP contribution in [0.4, 0.5) is 0 Å². The van der Waals surface area contributed by atoms with E-state index in [9.17, 15) is 0 Å². The quantitative estimate of drug-likeness (QED) is 0.335. The molecule has 8 heteroatoms. The van der Waals surface area contributed by atoms with E-state index in [-0.39, 0.29) is 145 Å². The van der Waals surface area contributed by atoms with Crippen LogP contribution < -0.4 is 0 Å². The summed E-state index contributed by atoms with van der Waals surface area (Å²) in [5.74, 6) is 0. The van der Waals surface area contributed by atoms with E-state index in [0.717, 1.165) is 0 Å². The molecular weight excluding hydrogens is 544 g/mol. The molecule has 0 aromatic heterocycles. The van der Waals surface area contributed by atoms with Crippen molar-refractivity contribution in [2.45, 2.75) is 0 Å². The summed E-state index contributed by atoms with van der Waals surface area (Å²) in [6.45, 7) is 0. The molecule has 0 bridgehead atoms. The van der Waals surface area contributed by atoms with Crippen molar-refractivity contribution in [3.63, 3.8) is 0 Å². The van der Waals surface area contributed by atoms with Crippen LogP contribution in [-0.4, -0.2) is 17.4 Å². The van der Waals surface area contributed by atoms with Gasteiger partial charge >= 0.3 is 0 Å². The van der Waals surface area contributed by atoms with Gasteiger partial charge in [-0.1, -0.05) is 0 Å². The molecule has 0 saturated heterocycles. The molecule has 2 radical (unpaired) electrons. The van der Waals surface area contributed by atoms with Crippen molar-refractivity contribution in [1.82, 2.24) is 0 Å². The van der Waals surface area contributed by atoms with E-state index in [1.54, 1.807) is 0 Å². The Kier molecular flexibility index (Phi) is 634. The first-order valence-electron chi connectivity index (χ1n) is 0. The summed E-state index contributed by atoms with van der Waals surface area (Å²) >= 11 is 0. The van der Waals surface area contributed by atoms with E-state index in [1.807, 2.05) is 0 Å². The third kappa shape index (κ3) is 46.7. The number of hydrogen-bond donors (Lipinski definition) is 0. The van der Waals surface area contributed by atoms with E-state index < -0.39 is 0 Å². The molecule has 0 atom stereocenters. The van der Waals surface area contributed by atoms with Gasteiger partial charge < -0.3 is 0 Å². The summed E-state index contributed by atoms with van der Waals surface area (Å²) < 4.78 is 0. The molecular formula is H3AlCrCuFeMnNiTiW. The van der Waals surface area contributed by atoms with Crippen LogP contribution in [-0.2, 0) is 128 Å². The van der Waals surface area contributed by atoms with Gasteiger partial charge in [0.1, 0.15) is 0 Å². The third-order valence-electron chi connectivity index (χ3n) is 0. The molecule has 58 valence electrons. The van der Waals surface area contributed by atoms with Crippen molar-refractivity contribution in [3.05, 3.63) is 0 Å². The van der Waals surface area contributed by atoms with Crippen molar-refractivity contribution in [2.75, 3.05) is 0 Å². The zero-order chi connectivity index (χ0) is 0. The summed E-state index contributed by atoms with van der Waals surface area (Å²) in [5, 5.41) is 0. The molecule has 0 fully saturated rings. The first-order valence-corrected chi connectivity index (χ1v) is 0. The fraction of sp³-hybridized carbons (Fsp3) is 0. The van der Waals surface area contributed by atoms with Crippen molar-refractivity contribution in [3.8, 4) is 0 Å². The van der Waals surface area contributed by atoms with Gasteiger partial charge in [0.25, 0.3) is 0 Å². The zero-order valence-corrected chi connectivity index (χ0v) is 12.6. The predicted molar refractivity (Wildman–Crippen MR) is 9.94 cm³/mol. The van der Waals surface area contributed by atoms with Crippen LogP contribution in [0.2, 0.25) is 0 Å². The topological polar surface area (TPSA) is 0 Å². The Bertz CT molecular complexity index is 24.0. The molecule has 8 heavy (non-hydrogen) atoms. The van der Waals surface area contributed by atoms with Gasteiger partial charge in [0.2, 0.25) is 0 Å². The second-order valence-electron chi connectivity index (χ2n) is 0. The predicted octanol–water partition coefficient (Wildman–Crippen LogP) is -1.20. The largest absolute Gasteiger partial charge is 0.187 e. The molecule has 0 N–H and O–H groups in total. The maximum Gasteiger partial charge on any atom is 0.187 e. The average Bonchev–Trinajstić information content (AvgIpc) is 0. The monoisotopic (exact) mass is 546 g/mol. The van der Waals surface area contributed by atoms with Crippen LogP contribution in [0.1, 0.15) is 0 Å². The molecule has 0 rings (SSSR count). The third-order valence-corrected chi connectivity index (χ3v) is 0. The van der Waals surface area contributed by atoms with E-state index in [0.29, 0.717) is 0 Å². The van der Waals surface area contributed by atoms with E-state index in [4.69, 9.17) is 0 Å². The molecule has 0 amide bonds. The van der Waals surface area contributed by atoms with Gasteiger partial charge in [-0.2, -0.15) is 0 Å². The standard InChI is InChI=1S/Al.Cr.Cu.Fe.Mn.Ni.Ti.W.3H. The number of rotatable bonds is 0. The Morgan fingerprint density at radius 3 is 1.00 bits per heavy atom. The fourth-order valence-corrected chi connectivity index (χ4v) is 0. The summed E-state index contributed by atoms with van der Waals surface area (Å²) in [7, 11) is 0. The number of hydrogen-bond acceptors (Lipinski definition) is 0. The van der Waals surface area contributed by atoms with Crippen molar-refractivity contribution in [2.24, 2.45) is 0 Å². The second kappa shape index (κ2) is 62.4. The summed E-state index contributed by atoms with van der Waals surface area (Å²) in [4.78, 5) is 0. The van der Waals surface area contributed by atoms with Crippen molar-refractivity contribution < 1.29 is 128 Å². The van der Waals surface area contributed by atoms with Crippen LogP contribution in [0.25, 0.3) is 0 Å².